The summed E-state index contributed by atoms with van der Waals surface area (Å²) in [4.78, 5) is 4.08. The van der Waals surface area contributed by atoms with Gasteiger partial charge in [0.1, 0.15) is 4.60 Å². The minimum atomic E-state index is 0.841. The molecule has 0 unspecified atom stereocenters. The zero-order valence-electron chi connectivity index (χ0n) is 7.47. The lowest BCUT2D eigenvalue weighted by atomic mass is 10.3. The minimum absolute atomic E-state index is 0.841. The Morgan fingerprint density at radius 1 is 1.54 bits per heavy atom. The van der Waals surface area contributed by atoms with Crippen LogP contribution in [0.1, 0.15) is 12.0 Å². The van der Waals surface area contributed by atoms with Crippen LogP contribution >= 0.6 is 15.9 Å². The fourth-order valence-electron chi connectivity index (χ4n) is 0.802. The highest BCUT2D eigenvalue weighted by Crippen LogP contribution is 2.04. The monoisotopic (exact) mass is 238 g/mol. The van der Waals surface area contributed by atoms with Crippen molar-refractivity contribution in [3.8, 4) is 11.8 Å². The average molecular weight is 239 g/mol. The van der Waals surface area contributed by atoms with E-state index in [2.05, 4.69) is 38.1 Å². The smallest absolute Gasteiger partial charge is 0.106 e. The molecule has 3 heteroatoms. The standard InChI is InChI=1S/C10H11BrN2/c1-12-7-3-2-4-9-5-6-10(11)13-8-9/h5-6,8,12H,3,7H2,1H3. The maximum absolute atomic E-state index is 4.08. The fourth-order valence-corrected chi connectivity index (χ4v) is 1.04. The quantitative estimate of drug-likeness (QED) is 0.483. The Hall–Kier alpha value is -0.850. The molecule has 0 aliphatic carbocycles. The summed E-state index contributed by atoms with van der Waals surface area (Å²) >= 11 is 3.27. The predicted molar refractivity (Wildman–Crippen MR) is 57.4 cm³/mol. The van der Waals surface area contributed by atoms with Crippen LogP contribution in [0.25, 0.3) is 0 Å². The first-order valence-corrected chi connectivity index (χ1v) is 4.87. The second kappa shape index (κ2) is 5.74. The highest BCUT2D eigenvalue weighted by atomic mass is 79.9. The third-order valence-corrected chi connectivity index (χ3v) is 1.93. The molecule has 1 heterocycles. The van der Waals surface area contributed by atoms with Crippen molar-refractivity contribution < 1.29 is 0 Å². The Labute approximate surface area is 86.9 Å². The number of pyridine rings is 1. The molecule has 0 saturated heterocycles. The molecule has 2 nitrogen and oxygen atoms in total. The van der Waals surface area contributed by atoms with Gasteiger partial charge in [-0.15, -0.1) is 0 Å². The summed E-state index contributed by atoms with van der Waals surface area (Å²) in [6, 6.07) is 3.84. The Kier molecular flexibility index (Phi) is 4.52. The van der Waals surface area contributed by atoms with Gasteiger partial charge in [-0.05, 0) is 35.1 Å². The van der Waals surface area contributed by atoms with E-state index in [1.165, 1.54) is 0 Å². The molecule has 0 atom stereocenters. The van der Waals surface area contributed by atoms with Gasteiger partial charge in [0.05, 0.1) is 0 Å². The topological polar surface area (TPSA) is 24.9 Å². The molecule has 0 bridgehead atoms. The van der Waals surface area contributed by atoms with Crippen LogP contribution < -0.4 is 5.32 Å². The van der Waals surface area contributed by atoms with E-state index in [1.807, 2.05) is 19.2 Å². The molecular weight excluding hydrogens is 228 g/mol. The molecule has 0 saturated carbocycles. The lowest BCUT2D eigenvalue weighted by molar-refractivity contribution is 0.818. The predicted octanol–water partition coefficient (Wildman–Crippen LogP) is 1.81. The SMILES string of the molecule is CNCCC#Cc1ccc(Br)nc1. The number of hydrogen-bond donors (Lipinski definition) is 1. The third kappa shape index (κ3) is 4.07. The molecule has 0 spiro atoms. The summed E-state index contributed by atoms with van der Waals surface area (Å²) in [5.74, 6) is 6.09. The number of halogens is 1. The number of hydrogen-bond acceptors (Lipinski definition) is 2. The molecule has 68 valence electrons. The van der Waals surface area contributed by atoms with Crippen LogP contribution in [0.5, 0.6) is 0 Å². The molecule has 1 aromatic heterocycles. The summed E-state index contributed by atoms with van der Waals surface area (Å²) in [5.41, 5.74) is 0.958. The number of rotatable bonds is 2. The Balaban J connectivity index is 2.52. The van der Waals surface area contributed by atoms with E-state index in [4.69, 9.17) is 0 Å². The van der Waals surface area contributed by atoms with Crippen molar-refractivity contribution in [2.24, 2.45) is 0 Å². The Bertz CT molecular complexity index is 308. The molecular formula is C10H11BrN2. The van der Waals surface area contributed by atoms with Crippen molar-refractivity contribution in [2.45, 2.75) is 6.42 Å². The lowest BCUT2D eigenvalue weighted by Crippen LogP contribution is -2.05. The van der Waals surface area contributed by atoms with Gasteiger partial charge < -0.3 is 5.32 Å². The third-order valence-electron chi connectivity index (χ3n) is 1.46. The van der Waals surface area contributed by atoms with Crippen molar-refractivity contribution in [3.05, 3.63) is 28.5 Å². The van der Waals surface area contributed by atoms with Gasteiger partial charge in [0.15, 0.2) is 0 Å². The summed E-state index contributed by atoms with van der Waals surface area (Å²) < 4.78 is 0.841. The van der Waals surface area contributed by atoms with Crippen LogP contribution in [-0.2, 0) is 0 Å². The van der Waals surface area contributed by atoms with Crippen molar-refractivity contribution in [2.75, 3.05) is 13.6 Å². The number of nitrogens with zero attached hydrogens (tertiary/aromatic N) is 1. The normalized spacial score (nSPS) is 9.08. The zero-order chi connectivity index (χ0) is 9.52. The second-order valence-corrected chi connectivity index (χ2v) is 3.34. The van der Waals surface area contributed by atoms with Gasteiger partial charge in [0, 0.05) is 24.7 Å². The minimum Gasteiger partial charge on any atom is -0.319 e. The van der Waals surface area contributed by atoms with Crippen LogP contribution in [-0.4, -0.2) is 18.6 Å². The molecule has 0 fully saturated rings. The first-order valence-electron chi connectivity index (χ1n) is 4.08. The fraction of sp³-hybridized carbons (Fsp3) is 0.300. The van der Waals surface area contributed by atoms with Gasteiger partial charge in [-0.2, -0.15) is 0 Å². The molecule has 0 radical (unpaired) electrons. The maximum Gasteiger partial charge on any atom is 0.106 e. The molecule has 1 N–H and O–H groups in total. The Morgan fingerprint density at radius 2 is 2.38 bits per heavy atom. The van der Waals surface area contributed by atoms with E-state index >= 15 is 0 Å². The summed E-state index contributed by atoms with van der Waals surface area (Å²) in [6.45, 7) is 0.928. The van der Waals surface area contributed by atoms with E-state index in [1.54, 1.807) is 6.20 Å². The maximum atomic E-state index is 4.08. The first kappa shape index (κ1) is 10.2. The van der Waals surface area contributed by atoms with Gasteiger partial charge in [-0.25, -0.2) is 4.98 Å². The van der Waals surface area contributed by atoms with E-state index in [0.717, 1.165) is 23.1 Å². The van der Waals surface area contributed by atoms with Crippen LogP contribution in [0.15, 0.2) is 22.9 Å². The van der Waals surface area contributed by atoms with E-state index in [0.29, 0.717) is 0 Å². The summed E-state index contributed by atoms with van der Waals surface area (Å²) in [6.07, 6.45) is 2.63. The molecule has 1 rings (SSSR count). The van der Waals surface area contributed by atoms with Gasteiger partial charge in [-0.1, -0.05) is 11.8 Å². The highest BCUT2D eigenvalue weighted by molar-refractivity contribution is 9.10. The van der Waals surface area contributed by atoms with Crippen LogP contribution in [0.4, 0.5) is 0 Å². The summed E-state index contributed by atoms with van der Waals surface area (Å²) in [5, 5.41) is 3.04. The van der Waals surface area contributed by atoms with Crippen molar-refractivity contribution in [1.29, 1.82) is 0 Å². The number of aromatic nitrogens is 1. The summed E-state index contributed by atoms with van der Waals surface area (Å²) in [7, 11) is 1.92. The van der Waals surface area contributed by atoms with Crippen LogP contribution in [0.3, 0.4) is 0 Å². The van der Waals surface area contributed by atoms with E-state index in [9.17, 15) is 0 Å². The van der Waals surface area contributed by atoms with Crippen molar-refractivity contribution in [3.63, 3.8) is 0 Å². The second-order valence-electron chi connectivity index (χ2n) is 2.52. The first-order chi connectivity index (χ1) is 6.33. The number of nitrogens with one attached hydrogen (secondary N) is 1. The molecule has 0 aromatic carbocycles. The molecule has 0 amide bonds. The molecule has 13 heavy (non-hydrogen) atoms. The van der Waals surface area contributed by atoms with Gasteiger partial charge in [0.2, 0.25) is 0 Å². The van der Waals surface area contributed by atoms with Crippen LogP contribution in [0.2, 0.25) is 0 Å². The molecule has 0 aliphatic rings. The van der Waals surface area contributed by atoms with E-state index in [-0.39, 0.29) is 0 Å². The molecule has 1 aromatic rings. The largest absolute Gasteiger partial charge is 0.319 e. The van der Waals surface area contributed by atoms with Crippen LogP contribution in [0, 0.1) is 11.8 Å². The van der Waals surface area contributed by atoms with Crippen molar-refractivity contribution >= 4 is 15.9 Å². The van der Waals surface area contributed by atoms with Crippen molar-refractivity contribution in [1.82, 2.24) is 10.3 Å². The highest BCUT2D eigenvalue weighted by Gasteiger charge is 1.87. The zero-order valence-corrected chi connectivity index (χ0v) is 9.06. The average Bonchev–Trinajstić information content (AvgIpc) is 2.15. The lowest BCUT2D eigenvalue weighted by Gasteiger charge is -1.90. The van der Waals surface area contributed by atoms with E-state index < -0.39 is 0 Å². The van der Waals surface area contributed by atoms with Gasteiger partial charge >= 0.3 is 0 Å². The Morgan fingerprint density at radius 3 is 3.00 bits per heavy atom. The van der Waals surface area contributed by atoms with Gasteiger partial charge in [-0.3, -0.25) is 0 Å². The van der Waals surface area contributed by atoms with Gasteiger partial charge in [0.25, 0.3) is 0 Å². The molecule has 0 aliphatic heterocycles.